The summed E-state index contributed by atoms with van der Waals surface area (Å²) in [7, 11) is 0. The zero-order chi connectivity index (χ0) is 29.3. The Kier molecular flexibility index (Phi) is 8.15. The number of carbonyl (C=O) groups is 4. The highest BCUT2D eigenvalue weighted by atomic mass is 32.2. The SMILES string of the molecule is Nc1nc(/C(=N/OCF)C(=O)N[C@@H]2C(=O)N3C(C(=O)O)=C(C[n+]4cc5sccn5c4[C@H](CO)NC=O)CS[C@H]23)ns1. The molecule has 5 heterocycles. The molecule has 6 N–H and O–H groups in total. The summed E-state index contributed by atoms with van der Waals surface area (Å²) in [6.07, 6.45) is 3.99. The van der Waals surface area contributed by atoms with E-state index in [1.54, 1.807) is 21.4 Å². The summed E-state index contributed by atoms with van der Waals surface area (Å²) in [6.45, 7) is -1.68. The van der Waals surface area contributed by atoms with Gasteiger partial charge in [0, 0.05) is 28.2 Å². The van der Waals surface area contributed by atoms with Crippen LogP contribution < -0.4 is 20.9 Å². The summed E-state index contributed by atoms with van der Waals surface area (Å²) in [4.78, 5) is 59.7. The molecule has 2 aliphatic rings. The van der Waals surface area contributed by atoms with Crippen LogP contribution in [0.25, 0.3) is 4.83 Å². The first-order valence-electron chi connectivity index (χ1n) is 11.6. The topological polar surface area (TPSA) is 218 Å². The van der Waals surface area contributed by atoms with Gasteiger partial charge in [0.1, 0.15) is 36.1 Å². The molecule has 2 aliphatic heterocycles. The molecule has 216 valence electrons. The van der Waals surface area contributed by atoms with Gasteiger partial charge < -0.3 is 31.4 Å². The van der Waals surface area contributed by atoms with E-state index in [4.69, 9.17) is 5.73 Å². The van der Waals surface area contributed by atoms with Crippen molar-refractivity contribution in [1.82, 2.24) is 29.3 Å². The van der Waals surface area contributed by atoms with Gasteiger partial charge in [0.25, 0.3) is 24.5 Å². The van der Waals surface area contributed by atoms with E-state index < -0.39 is 54.4 Å². The number of nitrogens with zero attached hydrogens (tertiary/aromatic N) is 6. The molecular weight excluding hydrogens is 605 g/mol. The molecule has 1 saturated heterocycles. The van der Waals surface area contributed by atoms with Crippen molar-refractivity contribution in [3.8, 4) is 0 Å². The highest BCUT2D eigenvalue weighted by Gasteiger charge is 2.54. The van der Waals surface area contributed by atoms with Gasteiger partial charge in [0.05, 0.1) is 6.61 Å². The lowest BCUT2D eigenvalue weighted by Gasteiger charge is -2.49. The molecule has 3 aromatic rings. The van der Waals surface area contributed by atoms with Crippen molar-refractivity contribution >= 4 is 74.5 Å². The predicted molar refractivity (Wildman–Crippen MR) is 142 cm³/mol. The maximum Gasteiger partial charge on any atom is 0.352 e. The maximum atomic E-state index is 13.2. The normalized spacial score (nSPS) is 19.5. The summed E-state index contributed by atoms with van der Waals surface area (Å²) in [5.41, 5.74) is 5.23. The Morgan fingerprint density at radius 3 is 2.90 bits per heavy atom. The molecule has 0 saturated carbocycles. The van der Waals surface area contributed by atoms with Gasteiger partial charge in [-0.2, -0.15) is 13.8 Å². The van der Waals surface area contributed by atoms with Crippen molar-refractivity contribution in [3.05, 3.63) is 40.7 Å². The van der Waals surface area contributed by atoms with Gasteiger partial charge in [0.2, 0.25) is 22.8 Å². The first-order chi connectivity index (χ1) is 19.8. The number of imidazole rings is 1. The number of halogens is 1. The van der Waals surface area contributed by atoms with E-state index in [0.717, 1.165) is 21.3 Å². The maximum absolute atomic E-state index is 13.2. The van der Waals surface area contributed by atoms with Crippen molar-refractivity contribution in [3.63, 3.8) is 0 Å². The van der Waals surface area contributed by atoms with Crippen molar-refractivity contribution < 1.29 is 43.2 Å². The Morgan fingerprint density at radius 1 is 1.44 bits per heavy atom. The third kappa shape index (κ3) is 5.21. The molecule has 0 bridgehead atoms. The van der Waals surface area contributed by atoms with Gasteiger partial charge in [-0.3, -0.25) is 19.3 Å². The first-order valence-corrected chi connectivity index (χ1v) is 14.3. The van der Waals surface area contributed by atoms with Gasteiger partial charge in [-0.15, -0.1) is 11.8 Å². The van der Waals surface area contributed by atoms with E-state index in [0.29, 0.717) is 17.8 Å². The smallest absolute Gasteiger partial charge is 0.352 e. The number of nitrogens with two attached hydrogens (primary N) is 1. The Morgan fingerprint density at radius 2 is 2.24 bits per heavy atom. The summed E-state index contributed by atoms with van der Waals surface area (Å²) >= 11 is 3.42. The monoisotopic (exact) mass is 626 g/mol. The van der Waals surface area contributed by atoms with Gasteiger partial charge in [-0.1, -0.05) is 16.5 Å². The number of carboxylic acids is 1. The van der Waals surface area contributed by atoms with Crippen molar-refractivity contribution in [2.24, 2.45) is 5.16 Å². The number of carbonyl (C=O) groups excluding carboxylic acids is 3. The first kappa shape index (κ1) is 28.4. The highest BCUT2D eigenvalue weighted by Crippen LogP contribution is 2.40. The molecule has 3 aromatic heterocycles. The number of thioether (sulfide) groups is 1. The number of carboxylic acid groups (broad SMARTS) is 1. The summed E-state index contributed by atoms with van der Waals surface area (Å²) in [6, 6.07) is -1.89. The van der Waals surface area contributed by atoms with Crippen molar-refractivity contribution in [1.29, 1.82) is 0 Å². The van der Waals surface area contributed by atoms with Crippen LogP contribution in [0.1, 0.15) is 17.7 Å². The second-order valence-electron chi connectivity index (χ2n) is 8.50. The number of aliphatic carboxylic acids is 1. The minimum atomic E-state index is -1.34. The number of alkyl halides is 1. The fraction of sp³-hybridized carbons (Fsp3) is 0.333. The van der Waals surface area contributed by atoms with E-state index in [1.807, 2.05) is 5.38 Å². The number of nitrogens with one attached hydrogen (secondary N) is 2. The number of β-lactam (4-membered cyclic amide) rings is 1. The predicted octanol–water partition coefficient (Wildman–Crippen LogP) is -1.41. The number of amides is 3. The molecule has 0 radical (unpaired) electrons. The van der Waals surface area contributed by atoms with E-state index in [9.17, 15) is 33.8 Å². The molecular formula is C21H21FN9O7S3+. The number of aliphatic hydroxyl groups excluding tert-OH is 1. The molecule has 41 heavy (non-hydrogen) atoms. The number of aromatic nitrogens is 4. The molecule has 16 nitrogen and oxygen atoms in total. The van der Waals surface area contributed by atoms with Crippen molar-refractivity contribution in [2.75, 3.05) is 25.0 Å². The molecule has 0 aliphatic carbocycles. The van der Waals surface area contributed by atoms with Crippen LogP contribution in [-0.4, -0.2) is 89.4 Å². The minimum Gasteiger partial charge on any atom is -0.477 e. The summed E-state index contributed by atoms with van der Waals surface area (Å²) < 4.78 is 19.9. The fourth-order valence-electron chi connectivity index (χ4n) is 4.52. The lowest BCUT2D eigenvalue weighted by atomic mass is 10.0. The molecule has 3 amide bonds. The van der Waals surface area contributed by atoms with Gasteiger partial charge in [-0.25, -0.2) is 13.8 Å². The highest BCUT2D eigenvalue weighted by molar-refractivity contribution is 8.00. The zero-order valence-corrected chi connectivity index (χ0v) is 23.1. The second-order valence-corrected chi connectivity index (χ2v) is 11.3. The Balaban J connectivity index is 1.40. The van der Waals surface area contributed by atoms with Crippen LogP contribution in [-0.2, 0) is 30.6 Å². The minimum absolute atomic E-state index is 0.0228. The van der Waals surface area contributed by atoms with E-state index in [-0.39, 0.29) is 29.0 Å². The van der Waals surface area contributed by atoms with Crippen LogP contribution in [0.4, 0.5) is 9.52 Å². The summed E-state index contributed by atoms with van der Waals surface area (Å²) in [5.74, 6) is -2.47. The number of aliphatic hydroxyl groups is 1. The van der Waals surface area contributed by atoms with Gasteiger partial charge in [-0.05, 0) is 0 Å². The lowest BCUT2D eigenvalue weighted by molar-refractivity contribution is -0.696. The molecule has 3 atom stereocenters. The van der Waals surface area contributed by atoms with Crippen molar-refractivity contribution in [2.45, 2.75) is 24.0 Å². The largest absolute Gasteiger partial charge is 0.477 e. The number of hydrogen-bond acceptors (Lipinski definition) is 13. The average Bonchev–Trinajstić information content (AvgIpc) is 3.67. The van der Waals surface area contributed by atoms with E-state index in [2.05, 4.69) is 30.0 Å². The molecule has 0 unspecified atom stereocenters. The second kappa shape index (κ2) is 11.8. The lowest BCUT2D eigenvalue weighted by Crippen LogP contribution is -2.71. The van der Waals surface area contributed by atoms with Crippen LogP contribution >= 0.6 is 34.6 Å². The van der Waals surface area contributed by atoms with Crippen LogP contribution in [0, 0.1) is 0 Å². The fourth-order valence-corrected chi connectivity index (χ4v) is 7.07. The summed E-state index contributed by atoms with van der Waals surface area (Å²) in [5, 5.41) is 29.5. The van der Waals surface area contributed by atoms with Crippen LogP contribution in [0.15, 0.2) is 34.2 Å². The number of oxime groups is 1. The standard InChI is InChI=1S/C21H20FN9O7S3/c22-7-38-27-12(15-26-21(23)41-28-15)16(34)25-13-18(35)31-14(20(36)37)9(6-40-19(13)31)3-29-4-11-30(1-2-39-11)17(29)10(5-32)24-8-33/h1-2,4,8,10,13,19,32H,3,5-7H2,(H4-,23,24,25,26,28,33,34,36,37)/p+1/b27-12-/t10-,13+,19+/m0/s1. The number of nitrogen functional groups attached to an aromatic ring is 1. The Labute approximate surface area is 241 Å². The molecule has 20 heteroatoms. The molecule has 5 rings (SSSR count). The quantitative estimate of drug-likeness (QED) is 0.0517. The molecule has 0 spiro atoms. The number of anilines is 1. The van der Waals surface area contributed by atoms with Gasteiger partial charge in [0.15, 0.2) is 11.2 Å². The average molecular weight is 627 g/mol. The van der Waals surface area contributed by atoms with Gasteiger partial charge >= 0.3 is 5.97 Å². The molecule has 0 aromatic carbocycles. The van der Waals surface area contributed by atoms with E-state index >= 15 is 0 Å². The van der Waals surface area contributed by atoms with Crippen LogP contribution in [0.2, 0.25) is 0 Å². The third-order valence-electron chi connectivity index (χ3n) is 6.18. The number of fused-ring (bicyclic) bond motifs is 2. The van der Waals surface area contributed by atoms with Crippen LogP contribution in [0.3, 0.4) is 0 Å². The van der Waals surface area contributed by atoms with Crippen LogP contribution in [0.5, 0.6) is 0 Å². The zero-order valence-electron chi connectivity index (χ0n) is 20.7. The Bertz CT molecular complexity index is 1580. The number of thiazole rings is 1. The third-order valence-corrected chi connectivity index (χ3v) is 8.86. The number of hydrogen-bond donors (Lipinski definition) is 5. The number of rotatable bonds is 12. The van der Waals surface area contributed by atoms with E-state index in [1.165, 1.54) is 23.1 Å². The molecule has 1 fully saturated rings. The Hall–Kier alpha value is -4.14.